The van der Waals surface area contributed by atoms with Crippen LogP contribution >= 0.6 is 29.5 Å². The van der Waals surface area contributed by atoms with Gasteiger partial charge in [-0.2, -0.15) is 0 Å². The SMILES string of the molecule is [B][C@@H]1OC(CCP(=C)(C)C)[C@@H](O)[C@H]1I. The Morgan fingerprint density at radius 1 is 1.57 bits per heavy atom. The molecular weight excluding hydrogens is 309 g/mol. The van der Waals surface area contributed by atoms with Crippen LogP contribution in [0.1, 0.15) is 6.42 Å². The summed E-state index contributed by atoms with van der Waals surface area (Å²) < 4.78 is 5.51. The lowest BCUT2D eigenvalue weighted by Crippen LogP contribution is -2.28. The van der Waals surface area contributed by atoms with Gasteiger partial charge in [0.2, 0.25) is 0 Å². The highest BCUT2D eigenvalue weighted by molar-refractivity contribution is 14.1. The van der Waals surface area contributed by atoms with Crippen molar-refractivity contribution >= 4 is 43.6 Å². The summed E-state index contributed by atoms with van der Waals surface area (Å²) in [4.78, 5) is 0. The van der Waals surface area contributed by atoms with Gasteiger partial charge in [-0.05, 0) is 25.9 Å². The number of rotatable bonds is 3. The van der Waals surface area contributed by atoms with Crippen LogP contribution in [0.2, 0.25) is 0 Å². The Hall–Kier alpha value is 1.01. The Morgan fingerprint density at radius 3 is 2.50 bits per heavy atom. The average molecular weight is 326 g/mol. The van der Waals surface area contributed by atoms with Gasteiger partial charge in [-0.25, -0.2) is 0 Å². The van der Waals surface area contributed by atoms with Crippen LogP contribution < -0.4 is 0 Å². The van der Waals surface area contributed by atoms with Gasteiger partial charge in [0.15, 0.2) is 0 Å². The molecule has 5 heteroatoms. The number of aliphatic hydroxyl groups excluding tert-OH is 1. The van der Waals surface area contributed by atoms with Gasteiger partial charge in [0, 0.05) is 6.00 Å². The van der Waals surface area contributed by atoms with Crippen LogP contribution in [-0.2, 0) is 4.74 Å². The fourth-order valence-corrected chi connectivity index (χ4v) is 3.06. The van der Waals surface area contributed by atoms with Gasteiger partial charge in [0.05, 0.1) is 16.1 Å². The molecule has 0 aromatic rings. The first-order valence-electron chi connectivity index (χ1n) is 4.72. The molecule has 1 rings (SSSR count). The van der Waals surface area contributed by atoms with Gasteiger partial charge in [-0.1, -0.05) is 22.6 Å². The van der Waals surface area contributed by atoms with Crippen molar-refractivity contribution in [3.63, 3.8) is 0 Å². The summed E-state index contributed by atoms with van der Waals surface area (Å²) in [6.45, 7) is 3.36. The van der Waals surface area contributed by atoms with E-state index < -0.39 is 13.0 Å². The van der Waals surface area contributed by atoms with Crippen molar-refractivity contribution < 1.29 is 9.84 Å². The van der Waals surface area contributed by atoms with E-state index in [-0.39, 0.29) is 16.0 Å². The van der Waals surface area contributed by atoms with Crippen LogP contribution in [0.25, 0.3) is 0 Å². The molecule has 1 unspecified atom stereocenters. The lowest BCUT2D eigenvalue weighted by Gasteiger charge is -2.18. The van der Waals surface area contributed by atoms with Crippen LogP contribution in [0.4, 0.5) is 0 Å². The standard InChI is InChI=1S/C9H17BIO2P/c1-14(2,3)5-4-6-8(12)7(11)9(10)13-6/h6-9,12H,1,4-5H2,2-3H3/t6?,7-,8-,9-/m1/s1. The molecule has 0 aromatic carbocycles. The zero-order valence-corrected chi connectivity index (χ0v) is 11.7. The van der Waals surface area contributed by atoms with E-state index in [1.807, 2.05) is 0 Å². The van der Waals surface area contributed by atoms with Crippen LogP contribution in [-0.4, -0.2) is 60.9 Å². The third-order valence-electron chi connectivity index (χ3n) is 2.37. The highest BCUT2D eigenvalue weighted by Crippen LogP contribution is 2.38. The number of halogens is 1. The number of alkyl halides is 1. The third-order valence-corrected chi connectivity index (χ3v) is 5.29. The smallest absolute Gasteiger partial charge is 0.110 e. The molecule has 0 spiro atoms. The Labute approximate surface area is 101 Å². The molecular formula is C9H17BIO2P. The second kappa shape index (κ2) is 4.90. The van der Waals surface area contributed by atoms with E-state index >= 15 is 0 Å². The molecule has 1 N–H and O–H groups in total. The van der Waals surface area contributed by atoms with Crippen molar-refractivity contribution in [3.05, 3.63) is 0 Å². The lowest BCUT2D eigenvalue weighted by atomic mass is 9.96. The summed E-state index contributed by atoms with van der Waals surface area (Å²) >= 11 is 2.15. The molecule has 1 heterocycles. The van der Waals surface area contributed by atoms with Crippen LogP contribution in [0.3, 0.4) is 0 Å². The summed E-state index contributed by atoms with van der Waals surface area (Å²) in [7, 11) is 5.70. The minimum atomic E-state index is -1.02. The van der Waals surface area contributed by atoms with Gasteiger partial charge in [-0.15, -0.1) is 13.2 Å². The maximum absolute atomic E-state index is 9.80. The van der Waals surface area contributed by atoms with Crippen molar-refractivity contribution in [2.24, 2.45) is 0 Å². The Bertz CT molecular complexity index is 243. The third kappa shape index (κ3) is 3.55. The van der Waals surface area contributed by atoms with Gasteiger partial charge < -0.3 is 9.84 Å². The molecule has 14 heavy (non-hydrogen) atoms. The van der Waals surface area contributed by atoms with E-state index in [9.17, 15) is 5.11 Å². The molecule has 0 amide bonds. The largest absolute Gasteiger partial charge is 0.389 e. The molecule has 0 aliphatic carbocycles. The lowest BCUT2D eigenvalue weighted by molar-refractivity contribution is 0.0313. The van der Waals surface area contributed by atoms with Gasteiger partial charge in [0.25, 0.3) is 0 Å². The molecule has 4 atom stereocenters. The van der Waals surface area contributed by atoms with Crippen molar-refractivity contribution in [2.75, 3.05) is 19.5 Å². The van der Waals surface area contributed by atoms with Crippen molar-refractivity contribution in [2.45, 2.75) is 28.6 Å². The predicted octanol–water partition coefficient (Wildman–Crippen LogP) is 1.14. The molecule has 2 radical (unpaired) electrons. The monoisotopic (exact) mass is 326 g/mol. The minimum Gasteiger partial charge on any atom is -0.389 e. The van der Waals surface area contributed by atoms with E-state index in [0.717, 1.165) is 12.6 Å². The number of hydrogen-bond donors (Lipinski definition) is 1. The van der Waals surface area contributed by atoms with Crippen LogP contribution in [0.15, 0.2) is 0 Å². The van der Waals surface area contributed by atoms with Crippen molar-refractivity contribution in [1.29, 1.82) is 0 Å². The van der Waals surface area contributed by atoms with Crippen LogP contribution in [0.5, 0.6) is 0 Å². The van der Waals surface area contributed by atoms with E-state index in [1.165, 1.54) is 0 Å². The fourth-order valence-electron chi connectivity index (χ4n) is 1.47. The summed E-state index contributed by atoms with van der Waals surface area (Å²) in [6, 6.07) is -0.318. The molecule has 1 aliphatic heterocycles. The molecule has 1 fully saturated rings. The Kier molecular flexibility index (Phi) is 4.58. The summed E-state index contributed by atoms with van der Waals surface area (Å²) in [5.41, 5.74) is 0. The van der Waals surface area contributed by atoms with E-state index in [2.05, 4.69) is 42.2 Å². The van der Waals surface area contributed by atoms with E-state index in [1.54, 1.807) is 0 Å². The maximum atomic E-state index is 9.80. The molecule has 0 saturated carbocycles. The second-order valence-electron chi connectivity index (χ2n) is 4.52. The average Bonchev–Trinajstić information content (AvgIpc) is 2.28. The van der Waals surface area contributed by atoms with Gasteiger partial charge >= 0.3 is 0 Å². The zero-order valence-electron chi connectivity index (χ0n) is 8.69. The number of ether oxygens (including phenoxy) is 1. The van der Waals surface area contributed by atoms with Crippen molar-refractivity contribution in [3.8, 4) is 0 Å². The number of hydrogen-bond acceptors (Lipinski definition) is 2. The summed E-state index contributed by atoms with van der Waals surface area (Å²) in [6.07, 6.45) is 5.55. The maximum Gasteiger partial charge on any atom is 0.110 e. The van der Waals surface area contributed by atoms with Crippen LogP contribution in [0, 0.1) is 0 Å². The minimum absolute atomic E-state index is 0.0175. The van der Waals surface area contributed by atoms with Gasteiger partial charge in [0.1, 0.15) is 7.85 Å². The van der Waals surface area contributed by atoms with Crippen molar-refractivity contribution in [1.82, 2.24) is 0 Å². The molecule has 0 aromatic heterocycles. The molecule has 1 aliphatic rings. The van der Waals surface area contributed by atoms with E-state index in [0.29, 0.717) is 0 Å². The first kappa shape index (κ1) is 13.1. The van der Waals surface area contributed by atoms with E-state index in [4.69, 9.17) is 12.6 Å². The highest BCUT2D eigenvalue weighted by atomic mass is 127. The Morgan fingerprint density at radius 2 is 2.14 bits per heavy atom. The molecule has 2 nitrogen and oxygen atoms in total. The summed E-state index contributed by atoms with van der Waals surface area (Å²) in [5, 5.41) is 9.80. The Balaban J connectivity index is 2.44. The normalized spacial score (nSPS) is 38.9. The zero-order chi connectivity index (χ0) is 10.9. The highest BCUT2D eigenvalue weighted by Gasteiger charge is 2.38. The topological polar surface area (TPSA) is 29.5 Å². The summed E-state index contributed by atoms with van der Waals surface area (Å²) in [5.74, 6) is 0. The fraction of sp³-hybridized carbons (Fsp3) is 0.889. The molecule has 0 bridgehead atoms. The quantitative estimate of drug-likeness (QED) is 0.365. The predicted molar refractivity (Wildman–Crippen MR) is 73.6 cm³/mol. The second-order valence-corrected chi connectivity index (χ2v) is 10.3. The number of aliphatic hydroxyl groups is 1. The van der Waals surface area contributed by atoms with Gasteiger partial charge in [-0.3, -0.25) is 0 Å². The first-order chi connectivity index (χ1) is 6.31. The first-order valence-corrected chi connectivity index (χ1v) is 9.02. The molecule has 80 valence electrons. The molecule has 1 saturated heterocycles.